The molecule has 1 aliphatic heterocycles. The molecule has 6 heteroatoms. The molecule has 0 amide bonds. The fourth-order valence-electron chi connectivity index (χ4n) is 2.90. The first-order valence-electron chi connectivity index (χ1n) is 8.26. The van der Waals surface area contributed by atoms with Crippen LogP contribution >= 0.6 is 24.4 Å². The van der Waals surface area contributed by atoms with Gasteiger partial charge < -0.3 is 20.3 Å². The molecule has 1 atom stereocenters. The molecule has 134 valence electrons. The molecule has 0 spiro atoms. The van der Waals surface area contributed by atoms with E-state index in [4.69, 9.17) is 29.2 Å². The Morgan fingerprint density at radius 2 is 1.77 bits per heavy atom. The normalized spacial score (nSPS) is 17.0. The van der Waals surface area contributed by atoms with Crippen molar-refractivity contribution in [3.8, 4) is 5.75 Å². The van der Waals surface area contributed by atoms with Crippen LogP contribution in [0.1, 0.15) is 18.5 Å². The molecule has 0 saturated carbocycles. The molecule has 2 N–H and O–H groups in total. The van der Waals surface area contributed by atoms with Crippen molar-refractivity contribution in [3.63, 3.8) is 0 Å². The number of allylic oxidation sites excluding steroid dienone is 1. The molecule has 2 aromatic rings. The van der Waals surface area contributed by atoms with Crippen molar-refractivity contribution in [1.29, 1.82) is 0 Å². The Morgan fingerprint density at radius 1 is 1.12 bits per heavy atom. The number of nitrogens with one attached hydrogen (secondary N) is 2. The Balaban J connectivity index is 1.98. The van der Waals surface area contributed by atoms with Gasteiger partial charge in [-0.1, -0.05) is 42.5 Å². The van der Waals surface area contributed by atoms with E-state index in [0.29, 0.717) is 10.1 Å². The molecule has 26 heavy (non-hydrogen) atoms. The summed E-state index contributed by atoms with van der Waals surface area (Å²) in [6.45, 7) is 2.04. The summed E-state index contributed by atoms with van der Waals surface area (Å²) in [6.07, 6.45) is 0. The largest absolute Gasteiger partial charge is 0.497 e. The van der Waals surface area contributed by atoms with Crippen LogP contribution < -0.4 is 15.4 Å². The predicted octanol–water partition coefficient (Wildman–Crippen LogP) is 4.27. The van der Waals surface area contributed by atoms with Gasteiger partial charge in [0.15, 0.2) is 5.11 Å². The monoisotopic (exact) mass is 383 g/mol. The summed E-state index contributed by atoms with van der Waals surface area (Å²) in [4.78, 5) is 2.63. The number of rotatable bonds is 4. The molecule has 0 bridgehead atoms. The van der Waals surface area contributed by atoms with Gasteiger partial charge in [0, 0.05) is 24.0 Å². The van der Waals surface area contributed by atoms with E-state index in [2.05, 4.69) is 10.6 Å². The van der Waals surface area contributed by atoms with Crippen LogP contribution in [0.5, 0.6) is 5.75 Å². The fourth-order valence-corrected chi connectivity index (χ4v) is 3.53. The lowest BCUT2D eigenvalue weighted by molar-refractivity contribution is 0.414. The van der Waals surface area contributed by atoms with Gasteiger partial charge in [-0.25, -0.2) is 0 Å². The van der Waals surface area contributed by atoms with Crippen LogP contribution in [0.15, 0.2) is 65.9 Å². The number of thiocarbonyl (C=S) groups is 2. The van der Waals surface area contributed by atoms with Crippen LogP contribution in [0.4, 0.5) is 5.69 Å². The van der Waals surface area contributed by atoms with Crippen LogP contribution in [0, 0.1) is 0 Å². The maximum absolute atomic E-state index is 5.75. The lowest BCUT2D eigenvalue weighted by Crippen LogP contribution is -2.46. The van der Waals surface area contributed by atoms with Gasteiger partial charge in [-0.2, -0.15) is 0 Å². The van der Waals surface area contributed by atoms with Crippen molar-refractivity contribution in [2.75, 3.05) is 19.5 Å². The Labute approximate surface area is 164 Å². The zero-order chi connectivity index (χ0) is 18.7. The molecule has 3 rings (SSSR count). The molecular weight excluding hydrogens is 362 g/mol. The van der Waals surface area contributed by atoms with E-state index in [0.717, 1.165) is 28.3 Å². The second kappa shape index (κ2) is 7.85. The summed E-state index contributed by atoms with van der Waals surface area (Å²) >= 11 is 11.2. The smallest absolute Gasteiger partial charge is 0.173 e. The third-order valence-corrected chi connectivity index (χ3v) is 5.19. The van der Waals surface area contributed by atoms with Gasteiger partial charge in [-0.15, -0.1) is 0 Å². The second-order valence-corrected chi connectivity index (χ2v) is 6.83. The number of benzene rings is 2. The van der Waals surface area contributed by atoms with Crippen molar-refractivity contribution >= 4 is 40.2 Å². The van der Waals surface area contributed by atoms with Crippen LogP contribution in [-0.2, 0) is 0 Å². The molecule has 0 radical (unpaired) electrons. The molecule has 4 nitrogen and oxygen atoms in total. The minimum absolute atomic E-state index is 0.117. The average Bonchev–Trinajstić information content (AvgIpc) is 2.66. The maximum atomic E-state index is 5.75. The Kier molecular flexibility index (Phi) is 5.54. The highest BCUT2D eigenvalue weighted by molar-refractivity contribution is 7.81. The summed E-state index contributed by atoms with van der Waals surface area (Å²) in [7, 11) is 3.60. The Hall–Kier alpha value is -2.44. The second-order valence-electron chi connectivity index (χ2n) is 6.03. The molecule has 1 heterocycles. The first kappa shape index (κ1) is 18.4. The molecular formula is C20H21N3OS2. The fraction of sp³-hybridized carbons (Fsp3) is 0.200. The molecule has 2 aromatic carbocycles. The molecule has 1 aliphatic rings. The number of hydrogen-bond donors (Lipinski definition) is 2. The van der Waals surface area contributed by atoms with Crippen molar-refractivity contribution in [2.45, 2.75) is 13.0 Å². The lowest BCUT2D eigenvalue weighted by Gasteiger charge is -2.36. The third-order valence-electron chi connectivity index (χ3n) is 4.48. The van der Waals surface area contributed by atoms with E-state index < -0.39 is 0 Å². The zero-order valence-electron chi connectivity index (χ0n) is 14.9. The van der Waals surface area contributed by atoms with Gasteiger partial charge in [-0.05, 0) is 49.0 Å². The number of nitrogens with zero attached hydrogens (tertiary/aromatic N) is 1. The SMILES string of the molecule is COc1ccc(C2NC(=S)N(C)C(C)=C2C(=S)Nc2ccccc2)cc1. The van der Waals surface area contributed by atoms with E-state index >= 15 is 0 Å². The molecule has 0 saturated heterocycles. The molecule has 0 fully saturated rings. The maximum Gasteiger partial charge on any atom is 0.173 e. The number of anilines is 1. The summed E-state index contributed by atoms with van der Waals surface area (Å²) in [5, 5.41) is 7.41. The van der Waals surface area contributed by atoms with Gasteiger partial charge in [0.25, 0.3) is 0 Å². The van der Waals surface area contributed by atoms with Gasteiger partial charge in [0.05, 0.1) is 13.2 Å². The number of methoxy groups -OCH3 is 1. The number of hydrogen-bond acceptors (Lipinski definition) is 3. The van der Waals surface area contributed by atoms with Crippen LogP contribution in [0.25, 0.3) is 0 Å². The van der Waals surface area contributed by atoms with Gasteiger partial charge in [-0.3, -0.25) is 0 Å². The first-order chi connectivity index (χ1) is 12.5. The quantitative estimate of drug-likeness (QED) is 0.768. The lowest BCUT2D eigenvalue weighted by atomic mass is 9.94. The summed E-state index contributed by atoms with van der Waals surface area (Å²) in [5.74, 6) is 0.816. The highest BCUT2D eigenvalue weighted by Gasteiger charge is 2.30. The van der Waals surface area contributed by atoms with Crippen molar-refractivity contribution in [3.05, 3.63) is 71.4 Å². The van der Waals surface area contributed by atoms with E-state index in [1.807, 2.05) is 73.5 Å². The average molecular weight is 384 g/mol. The van der Waals surface area contributed by atoms with Gasteiger partial charge in [0.1, 0.15) is 10.7 Å². The topological polar surface area (TPSA) is 36.5 Å². The number of para-hydroxylation sites is 1. The van der Waals surface area contributed by atoms with Gasteiger partial charge >= 0.3 is 0 Å². The number of ether oxygens (including phenoxy) is 1. The minimum Gasteiger partial charge on any atom is -0.497 e. The van der Waals surface area contributed by atoms with Crippen LogP contribution in [-0.4, -0.2) is 29.2 Å². The standard InChI is InChI=1S/C20H21N3OS2/c1-13-17(19(25)21-15-7-5-4-6-8-15)18(22-20(26)23(13)2)14-9-11-16(24-3)12-10-14/h4-12,18H,1-3H3,(H,21,25)(H,22,26). The van der Waals surface area contributed by atoms with E-state index in [1.165, 1.54) is 0 Å². The van der Waals surface area contributed by atoms with Crippen molar-refractivity contribution in [2.24, 2.45) is 0 Å². The third kappa shape index (κ3) is 3.71. The minimum atomic E-state index is -0.117. The highest BCUT2D eigenvalue weighted by atomic mass is 32.1. The highest BCUT2D eigenvalue weighted by Crippen LogP contribution is 2.32. The van der Waals surface area contributed by atoms with E-state index in [9.17, 15) is 0 Å². The van der Waals surface area contributed by atoms with Crippen LogP contribution in [0.3, 0.4) is 0 Å². The summed E-state index contributed by atoms with van der Waals surface area (Å²) in [5.41, 5.74) is 4.07. The molecule has 0 aliphatic carbocycles. The van der Waals surface area contributed by atoms with Gasteiger partial charge in [0.2, 0.25) is 0 Å². The Morgan fingerprint density at radius 3 is 2.38 bits per heavy atom. The van der Waals surface area contributed by atoms with E-state index in [1.54, 1.807) is 7.11 Å². The van der Waals surface area contributed by atoms with E-state index in [-0.39, 0.29) is 6.04 Å². The summed E-state index contributed by atoms with van der Waals surface area (Å²) in [6, 6.07) is 17.8. The summed E-state index contributed by atoms with van der Waals surface area (Å²) < 4.78 is 5.26. The Bertz CT molecular complexity index is 847. The van der Waals surface area contributed by atoms with Crippen LogP contribution in [0.2, 0.25) is 0 Å². The predicted molar refractivity (Wildman–Crippen MR) is 115 cm³/mol. The first-order valence-corrected chi connectivity index (χ1v) is 9.08. The zero-order valence-corrected chi connectivity index (χ0v) is 16.6. The molecule has 0 aromatic heterocycles. The molecule has 1 unspecified atom stereocenters. The van der Waals surface area contributed by atoms with Crippen molar-refractivity contribution in [1.82, 2.24) is 10.2 Å². The van der Waals surface area contributed by atoms with Crippen molar-refractivity contribution < 1.29 is 4.74 Å².